The highest BCUT2D eigenvalue weighted by Gasteiger charge is 2.42. The van der Waals surface area contributed by atoms with Gasteiger partial charge in [-0.3, -0.25) is 10.1 Å². The standard InChI is InChI=1S/C14H20N2OS/c1-9-14(17)16(10(2)11-4-3-5-11)13(15-9)12-6-7-18-8-12/h6-11,13,15H,3-5H2,1-2H3. The minimum Gasteiger partial charge on any atom is -0.319 e. The summed E-state index contributed by atoms with van der Waals surface area (Å²) in [5, 5.41) is 7.65. The maximum absolute atomic E-state index is 12.4. The summed E-state index contributed by atoms with van der Waals surface area (Å²) in [6.07, 6.45) is 3.95. The van der Waals surface area contributed by atoms with Crippen molar-refractivity contribution in [3.8, 4) is 0 Å². The predicted molar refractivity (Wildman–Crippen MR) is 73.3 cm³/mol. The second kappa shape index (κ2) is 4.67. The van der Waals surface area contributed by atoms with Crippen LogP contribution in [0.25, 0.3) is 0 Å². The summed E-state index contributed by atoms with van der Waals surface area (Å²) in [5.74, 6) is 0.952. The van der Waals surface area contributed by atoms with E-state index in [1.54, 1.807) is 11.3 Å². The van der Waals surface area contributed by atoms with Gasteiger partial charge in [-0.25, -0.2) is 0 Å². The maximum atomic E-state index is 12.4. The summed E-state index contributed by atoms with van der Waals surface area (Å²) < 4.78 is 0. The topological polar surface area (TPSA) is 32.3 Å². The van der Waals surface area contributed by atoms with Crippen molar-refractivity contribution in [2.45, 2.75) is 51.4 Å². The molecule has 3 unspecified atom stereocenters. The molecule has 1 N–H and O–H groups in total. The molecule has 4 heteroatoms. The molecule has 3 atom stereocenters. The van der Waals surface area contributed by atoms with Crippen molar-refractivity contribution >= 4 is 17.2 Å². The van der Waals surface area contributed by atoms with Crippen LogP contribution < -0.4 is 5.32 Å². The molecule has 1 aliphatic heterocycles. The fourth-order valence-electron chi connectivity index (χ4n) is 3.01. The molecular weight excluding hydrogens is 244 g/mol. The Hall–Kier alpha value is -0.870. The predicted octanol–water partition coefficient (Wildman–Crippen LogP) is 2.76. The van der Waals surface area contributed by atoms with E-state index in [2.05, 4.69) is 34.0 Å². The van der Waals surface area contributed by atoms with Gasteiger partial charge in [0.25, 0.3) is 0 Å². The van der Waals surface area contributed by atoms with E-state index in [4.69, 9.17) is 0 Å². The lowest BCUT2D eigenvalue weighted by Crippen LogP contribution is -2.44. The number of amides is 1. The van der Waals surface area contributed by atoms with Gasteiger partial charge in [0.05, 0.1) is 6.04 Å². The number of hydrogen-bond donors (Lipinski definition) is 1. The normalized spacial score (nSPS) is 30.6. The highest BCUT2D eigenvalue weighted by Crippen LogP contribution is 2.37. The SMILES string of the molecule is CC1NC(c2ccsc2)N(C(C)C2CCC2)C1=O. The average molecular weight is 264 g/mol. The monoisotopic (exact) mass is 264 g/mol. The Bertz CT molecular complexity index is 427. The Kier molecular flexibility index (Phi) is 3.16. The molecule has 3 rings (SSSR count). The van der Waals surface area contributed by atoms with Gasteiger partial charge in [-0.15, -0.1) is 0 Å². The van der Waals surface area contributed by atoms with Crippen molar-refractivity contribution < 1.29 is 4.79 Å². The Morgan fingerprint density at radius 3 is 2.83 bits per heavy atom. The van der Waals surface area contributed by atoms with Crippen LogP contribution in [0.15, 0.2) is 16.8 Å². The van der Waals surface area contributed by atoms with Gasteiger partial charge in [0.1, 0.15) is 6.17 Å². The van der Waals surface area contributed by atoms with E-state index in [0.717, 1.165) is 0 Å². The molecule has 2 fully saturated rings. The van der Waals surface area contributed by atoms with Gasteiger partial charge in [0, 0.05) is 6.04 Å². The summed E-state index contributed by atoms with van der Waals surface area (Å²) in [5.41, 5.74) is 1.23. The molecular formula is C14H20N2OS. The number of rotatable bonds is 3. The molecule has 1 aromatic heterocycles. The van der Waals surface area contributed by atoms with Crippen LogP contribution in [0.2, 0.25) is 0 Å². The molecule has 3 nitrogen and oxygen atoms in total. The van der Waals surface area contributed by atoms with Crippen LogP contribution >= 0.6 is 11.3 Å². The number of nitrogens with zero attached hydrogens (tertiary/aromatic N) is 1. The molecule has 0 aromatic carbocycles. The van der Waals surface area contributed by atoms with Gasteiger partial charge in [0.2, 0.25) is 5.91 Å². The zero-order chi connectivity index (χ0) is 12.7. The minimum atomic E-state index is -0.0579. The van der Waals surface area contributed by atoms with E-state index >= 15 is 0 Å². The third-order valence-corrected chi connectivity index (χ3v) is 5.14. The molecule has 0 bridgehead atoms. The smallest absolute Gasteiger partial charge is 0.241 e. The second-order valence-corrected chi connectivity index (χ2v) is 6.30. The number of nitrogens with one attached hydrogen (secondary N) is 1. The lowest BCUT2D eigenvalue weighted by molar-refractivity contribution is -0.133. The lowest BCUT2D eigenvalue weighted by atomic mass is 9.79. The van der Waals surface area contributed by atoms with Crippen molar-refractivity contribution in [2.24, 2.45) is 5.92 Å². The van der Waals surface area contributed by atoms with Crippen molar-refractivity contribution in [3.63, 3.8) is 0 Å². The van der Waals surface area contributed by atoms with Crippen LogP contribution in [0.5, 0.6) is 0 Å². The van der Waals surface area contributed by atoms with E-state index in [1.165, 1.54) is 24.8 Å². The Morgan fingerprint density at radius 2 is 2.28 bits per heavy atom. The summed E-state index contributed by atoms with van der Waals surface area (Å²) >= 11 is 1.69. The third-order valence-electron chi connectivity index (χ3n) is 4.44. The lowest BCUT2D eigenvalue weighted by Gasteiger charge is -2.39. The largest absolute Gasteiger partial charge is 0.319 e. The van der Waals surface area contributed by atoms with E-state index in [9.17, 15) is 4.79 Å². The number of hydrogen-bond acceptors (Lipinski definition) is 3. The first-order valence-corrected chi connectivity index (χ1v) is 7.73. The van der Waals surface area contributed by atoms with E-state index < -0.39 is 0 Å². The minimum absolute atomic E-state index is 0.0579. The third kappa shape index (κ3) is 1.88. The number of carbonyl (C=O) groups excluding carboxylic acids is 1. The van der Waals surface area contributed by atoms with Crippen LogP contribution in [0, 0.1) is 5.92 Å². The fourth-order valence-corrected chi connectivity index (χ4v) is 3.69. The molecule has 1 saturated heterocycles. The van der Waals surface area contributed by atoms with Crippen LogP contribution in [0.4, 0.5) is 0 Å². The van der Waals surface area contributed by atoms with Gasteiger partial charge < -0.3 is 4.90 Å². The van der Waals surface area contributed by atoms with Crippen LogP contribution in [-0.2, 0) is 4.79 Å². The highest BCUT2D eigenvalue weighted by molar-refractivity contribution is 7.07. The molecule has 18 heavy (non-hydrogen) atoms. The zero-order valence-corrected chi connectivity index (χ0v) is 11.7. The molecule has 1 aliphatic carbocycles. The van der Waals surface area contributed by atoms with Gasteiger partial charge in [-0.1, -0.05) is 6.42 Å². The van der Waals surface area contributed by atoms with Crippen LogP contribution in [-0.4, -0.2) is 22.9 Å². The molecule has 1 amide bonds. The summed E-state index contributed by atoms with van der Waals surface area (Å²) in [7, 11) is 0. The Balaban J connectivity index is 1.85. The van der Waals surface area contributed by atoms with Crippen molar-refractivity contribution in [1.29, 1.82) is 0 Å². The fraction of sp³-hybridized carbons (Fsp3) is 0.643. The first kappa shape index (κ1) is 12.2. The summed E-state index contributed by atoms with van der Waals surface area (Å²) in [6.45, 7) is 4.18. The van der Waals surface area contributed by atoms with Crippen molar-refractivity contribution in [2.75, 3.05) is 0 Å². The molecule has 1 aromatic rings. The number of carbonyl (C=O) groups is 1. The Labute approximate surface area is 112 Å². The maximum Gasteiger partial charge on any atom is 0.241 e. The molecule has 2 aliphatic rings. The van der Waals surface area contributed by atoms with E-state index in [1.807, 2.05) is 6.92 Å². The summed E-state index contributed by atoms with van der Waals surface area (Å²) in [6, 6.07) is 2.42. The molecule has 98 valence electrons. The second-order valence-electron chi connectivity index (χ2n) is 5.52. The number of thiophene rings is 1. The quantitative estimate of drug-likeness (QED) is 0.910. The molecule has 1 saturated carbocycles. The van der Waals surface area contributed by atoms with Crippen molar-refractivity contribution in [3.05, 3.63) is 22.4 Å². The first-order chi connectivity index (χ1) is 8.68. The first-order valence-electron chi connectivity index (χ1n) is 6.79. The van der Waals surface area contributed by atoms with Gasteiger partial charge in [0.15, 0.2) is 0 Å². The van der Waals surface area contributed by atoms with Gasteiger partial charge >= 0.3 is 0 Å². The molecule has 0 spiro atoms. The molecule has 2 heterocycles. The summed E-state index contributed by atoms with van der Waals surface area (Å²) in [4.78, 5) is 14.4. The van der Waals surface area contributed by atoms with Gasteiger partial charge in [-0.2, -0.15) is 11.3 Å². The van der Waals surface area contributed by atoms with Gasteiger partial charge in [-0.05, 0) is 55.0 Å². The van der Waals surface area contributed by atoms with Crippen LogP contribution in [0.3, 0.4) is 0 Å². The van der Waals surface area contributed by atoms with Crippen molar-refractivity contribution in [1.82, 2.24) is 10.2 Å². The highest BCUT2D eigenvalue weighted by atomic mass is 32.1. The Morgan fingerprint density at radius 1 is 1.50 bits per heavy atom. The molecule has 0 radical (unpaired) electrons. The van der Waals surface area contributed by atoms with E-state index in [0.29, 0.717) is 12.0 Å². The van der Waals surface area contributed by atoms with Crippen LogP contribution in [0.1, 0.15) is 44.8 Å². The average Bonchev–Trinajstić information content (AvgIpc) is 2.85. The zero-order valence-electron chi connectivity index (χ0n) is 10.9. The van der Waals surface area contributed by atoms with E-state index in [-0.39, 0.29) is 18.1 Å².